The molecule has 3 rings (SSSR count). The van der Waals surface area contributed by atoms with Crippen LogP contribution in [0.15, 0.2) is 59.8 Å². The lowest BCUT2D eigenvalue weighted by Crippen LogP contribution is -2.46. The van der Waals surface area contributed by atoms with E-state index in [2.05, 4.69) is 10.6 Å². The van der Waals surface area contributed by atoms with Crippen molar-refractivity contribution >= 4 is 34.9 Å². The van der Waals surface area contributed by atoms with Gasteiger partial charge < -0.3 is 20.3 Å². The molecule has 29 heavy (non-hydrogen) atoms. The fourth-order valence-corrected chi connectivity index (χ4v) is 3.32. The van der Waals surface area contributed by atoms with Crippen LogP contribution in [0.25, 0.3) is 0 Å². The zero-order valence-corrected chi connectivity index (χ0v) is 17.0. The van der Waals surface area contributed by atoms with E-state index in [4.69, 9.17) is 17.0 Å². The molecular weight excluding hydrogens is 393 g/mol. The summed E-state index contributed by atoms with van der Waals surface area (Å²) in [4.78, 5) is 26.5. The molecule has 0 radical (unpaired) electrons. The molecule has 0 fully saturated rings. The molecule has 1 amide bonds. The predicted octanol–water partition coefficient (Wildman–Crippen LogP) is 3.39. The standard InChI is InChI=1S/C21H20FN3O3S/c1-12-17(20(27)28-3)18(24-21(29)25(12)2)14-5-4-6-16(11-14)23-19(26)13-7-9-15(22)10-8-13/h4-11,18H,1-3H3,(H,23,26)(H,24,29). The summed E-state index contributed by atoms with van der Waals surface area (Å²) in [6, 6.07) is 11.8. The Morgan fingerprint density at radius 2 is 1.90 bits per heavy atom. The lowest BCUT2D eigenvalue weighted by Gasteiger charge is -2.35. The summed E-state index contributed by atoms with van der Waals surface area (Å²) >= 11 is 5.36. The first-order valence-corrected chi connectivity index (χ1v) is 9.23. The summed E-state index contributed by atoms with van der Waals surface area (Å²) < 4.78 is 18.0. The fraction of sp³-hybridized carbons (Fsp3) is 0.190. The fourth-order valence-electron chi connectivity index (χ4n) is 3.06. The number of nitrogens with one attached hydrogen (secondary N) is 2. The van der Waals surface area contributed by atoms with Crippen LogP contribution in [0.1, 0.15) is 28.9 Å². The highest BCUT2D eigenvalue weighted by atomic mass is 32.1. The normalized spacial score (nSPS) is 16.3. The number of esters is 1. The molecule has 2 aromatic rings. The van der Waals surface area contributed by atoms with Crippen molar-refractivity contribution in [3.8, 4) is 0 Å². The molecule has 0 aromatic heterocycles. The number of hydrogen-bond donors (Lipinski definition) is 2. The van der Waals surface area contributed by atoms with Crippen LogP contribution in [-0.4, -0.2) is 36.0 Å². The first-order valence-electron chi connectivity index (χ1n) is 8.82. The minimum Gasteiger partial charge on any atom is -0.466 e. The summed E-state index contributed by atoms with van der Waals surface area (Å²) in [5, 5.41) is 6.40. The first kappa shape index (κ1) is 20.5. The Morgan fingerprint density at radius 3 is 2.55 bits per heavy atom. The van der Waals surface area contributed by atoms with Crippen molar-refractivity contribution in [2.75, 3.05) is 19.5 Å². The quantitative estimate of drug-likeness (QED) is 0.592. The first-order chi connectivity index (χ1) is 13.8. The second kappa shape index (κ2) is 8.40. The molecule has 0 bridgehead atoms. The number of amides is 1. The van der Waals surface area contributed by atoms with E-state index in [1.54, 1.807) is 37.1 Å². The van der Waals surface area contributed by atoms with Crippen LogP contribution in [0.5, 0.6) is 0 Å². The molecule has 1 aliphatic rings. The molecule has 2 N–H and O–H groups in total. The third-order valence-electron chi connectivity index (χ3n) is 4.74. The average Bonchev–Trinajstić information content (AvgIpc) is 2.72. The summed E-state index contributed by atoms with van der Waals surface area (Å²) in [5.41, 5.74) is 2.72. The van der Waals surface area contributed by atoms with Gasteiger partial charge in [0.25, 0.3) is 5.91 Å². The van der Waals surface area contributed by atoms with Gasteiger partial charge in [-0.05, 0) is 61.1 Å². The minimum atomic E-state index is -0.520. The number of hydrogen-bond acceptors (Lipinski definition) is 4. The van der Waals surface area contributed by atoms with Crippen LogP contribution in [-0.2, 0) is 9.53 Å². The van der Waals surface area contributed by atoms with Gasteiger partial charge in [0, 0.05) is 24.0 Å². The molecular formula is C21H20FN3O3S. The van der Waals surface area contributed by atoms with Crippen molar-refractivity contribution in [2.24, 2.45) is 0 Å². The third-order valence-corrected chi connectivity index (χ3v) is 5.14. The summed E-state index contributed by atoms with van der Waals surface area (Å²) in [6.45, 7) is 1.80. The zero-order valence-electron chi connectivity index (χ0n) is 16.2. The van der Waals surface area contributed by atoms with Gasteiger partial charge in [0.1, 0.15) is 5.82 Å². The van der Waals surface area contributed by atoms with Crippen LogP contribution in [0, 0.1) is 5.82 Å². The molecule has 1 aliphatic heterocycles. The van der Waals surface area contributed by atoms with E-state index in [-0.39, 0.29) is 5.91 Å². The second-order valence-electron chi connectivity index (χ2n) is 6.52. The molecule has 1 atom stereocenters. The highest BCUT2D eigenvalue weighted by molar-refractivity contribution is 7.80. The van der Waals surface area contributed by atoms with Crippen LogP contribution in [0.4, 0.5) is 10.1 Å². The lowest BCUT2D eigenvalue weighted by atomic mass is 9.95. The SMILES string of the molecule is COC(=O)C1=C(C)N(C)C(=S)NC1c1cccc(NC(=O)c2ccc(F)cc2)c1. The molecule has 0 saturated heterocycles. The van der Waals surface area contributed by atoms with E-state index in [1.807, 2.05) is 6.07 Å². The Balaban J connectivity index is 1.91. The van der Waals surface area contributed by atoms with E-state index in [1.165, 1.54) is 31.4 Å². The van der Waals surface area contributed by atoms with Crippen molar-refractivity contribution in [2.45, 2.75) is 13.0 Å². The molecule has 0 aliphatic carbocycles. The third kappa shape index (κ3) is 4.27. The number of benzene rings is 2. The van der Waals surface area contributed by atoms with Crippen molar-refractivity contribution in [3.05, 3.63) is 76.7 Å². The van der Waals surface area contributed by atoms with Crippen molar-refractivity contribution in [1.82, 2.24) is 10.2 Å². The van der Waals surface area contributed by atoms with Gasteiger partial charge in [0.15, 0.2) is 5.11 Å². The number of methoxy groups -OCH3 is 1. The number of allylic oxidation sites excluding steroid dienone is 1. The molecule has 8 heteroatoms. The highest BCUT2D eigenvalue weighted by Gasteiger charge is 2.33. The number of carbonyl (C=O) groups is 2. The number of ether oxygens (including phenoxy) is 1. The molecule has 2 aromatic carbocycles. The van der Waals surface area contributed by atoms with Gasteiger partial charge in [-0.3, -0.25) is 4.79 Å². The number of thiocarbonyl (C=S) groups is 1. The monoisotopic (exact) mass is 413 g/mol. The number of carbonyl (C=O) groups excluding carboxylic acids is 2. The smallest absolute Gasteiger partial charge is 0.337 e. The van der Waals surface area contributed by atoms with Gasteiger partial charge in [-0.2, -0.15) is 0 Å². The molecule has 0 spiro atoms. The summed E-state index contributed by atoms with van der Waals surface area (Å²) in [5.74, 6) is -1.24. The Kier molecular flexibility index (Phi) is 5.93. The summed E-state index contributed by atoms with van der Waals surface area (Å²) in [7, 11) is 3.09. The van der Waals surface area contributed by atoms with Gasteiger partial charge in [-0.15, -0.1) is 0 Å². The maximum absolute atomic E-state index is 13.1. The van der Waals surface area contributed by atoms with Gasteiger partial charge in [0.2, 0.25) is 0 Å². The van der Waals surface area contributed by atoms with E-state index >= 15 is 0 Å². The van der Waals surface area contributed by atoms with E-state index in [0.717, 1.165) is 5.56 Å². The van der Waals surface area contributed by atoms with Gasteiger partial charge >= 0.3 is 5.97 Å². The molecule has 1 heterocycles. The van der Waals surface area contributed by atoms with Crippen LogP contribution >= 0.6 is 12.2 Å². The largest absolute Gasteiger partial charge is 0.466 e. The molecule has 150 valence electrons. The van der Waals surface area contributed by atoms with E-state index in [0.29, 0.717) is 27.6 Å². The van der Waals surface area contributed by atoms with Gasteiger partial charge in [-0.25, -0.2) is 9.18 Å². The molecule has 0 saturated carbocycles. The van der Waals surface area contributed by atoms with Crippen molar-refractivity contribution in [1.29, 1.82) is 0 Å². The molecule has 6 nitrogen and oxygen atoms in total. The van der Waals surface area contributed by atoms with E-state index < -0.39 is 17.8 Å². The zero-order chi connectivity index (χ0) is 21.1. The minimum absolute atomic E-state index is 0.335. The Hall–Kier alpha value is -3.26. The van der Waals surface area contributed by atoms with Crippen LogP contribution in [0.2, 0.25) is 0 Å². The van der Waals surface area contributed by atoms with Gasteiger partial charge in [-0.1, -0.05) is 12.1 Å². The maximum atomic E-state index is 13.1. The lowest BCUT2D eigenvalue weighted by molar-refractivity contribution is -0.136. The van der Waals surface area contributed by atoms with Crippen LogP contribution in [0.3, 0.4) is 0 Å². The number of nitrogens with zero attached hydrogens (tertiary/aromatic N) is 1. The Bertz CT molecular complexity index is 1000. The Labute approximate surface area is 173 Å². The number of anilines is 1. The van der Waals surface area contributed by atoms with E-state index in [9.17, 15) is 14.0 Å². The van der Waals surface area contributed by atoms with Crippen molar-refractivity contribution < 1.29 is 18.7 Å². The highest BCUT2D eigenvalue weighted by Crippen LogP contribution is 2.31. The predicted molar refractivity (Wildman–Crippen MR) is 112 cm³/mol. The van der Waals surface area contributed by atoms with Crippen LogP contribution < -0.4 is 10.6 Å². The number of rotatable bonds is 4. The number of halogens is 1. The van der Waals surface area contributed by atoms with Crippen molar-refractivity contribution in [3.63, 3.8) is 0 Å². The Morgan fingerprint density at radius 1 is 1.21 bits per heavy atom. The summed E-state index contributed by atoms with van der Waals surface area (Å²) in [6.07, 6.45) is 0. The molecule has 1 unspecified atom stereocenters. The second-order valence-corrected chi connectivity index (χ2v) is 6.91. The maximum Gasteiger partial charge on any atom is 0.337 e. The van der Waals surface area contributed by atoms with Gasteiger partial charge in [0.05, 0.1) is 18.7 Å². The average molecular weight is 413 g/mol. The topological polar surface area (TPSA) is 70.7 Å².